The van der Waals surface area contributed by atoms with Crippen LogP contribution in [0.3, 0.4) is 0 Å². The SMILES string of the molecule is CCc1ccccc1CNC(=O)Nc1sccc1C(=O)O. The van der Waals surface area contributed by atoms with E-state index < -0.39 is 12.0 Å². The number of hydrogen-bond donors (Lipinski definition) is 3. The van der Waals surface area contributed by atoms with Crippen LogP contribution >= 0.6 is 11.3 Å². The molecule has 1 aromatic carbocycles. The summed E-state index contributed by atoms with van der Waals surface area (Å²) in [4.78, 5) is 22.8. The predicted molar refractivity (Wildman–Crippen MR) is 83.0 cm³/mol. The van der Waals surface area contributed by atoms with Gasteiger partial charge in [-0.1, -0.05) is 31.2 Å². The van der Waals surface area contributed by atoms with E-state index in [0.717, 1.165) is 12.0 Å². The third-order valence-corrected chi connectivity index (χ3v) is 3.89. The minimum absolute atomic E-state index is 0.101. The number of urea groups is 1. The Morgan fingerprint density at radius 2 is 1.90 bits per heavy atom. The number of benzene rings is 1. The van der Waals surface area contributed by atoms with E-state index >= 15 is 0 Å². The van der Waals surface area contributed by atoms with Crippen molar-refractivity contribution in [2.75, 3.05) is 5.32 Å². The molecule has 1 aromatic heterocycles. The second-order valence-electron chi connectivity index (χ2n) is 4.40. The number of carboxylic acids is 1. The summed E-state index contributed by atoms with van der Waals surface area (Å²) >= 11 is 1.18. The number of hydrogen-bond acceptors (Lipinski definition) is 3. The van der Waals surface area contributed by atoms with Gasteiger partial charge in [-0.25, -0.2) is 9.59 Å². The van der Waals surface area contributed by atoms with Crippen LogP contribution in [0.1, 0.15) is 28.4 Å². The summed E-state index contributed by atoms with van der Waals surface area (Å²) < 4.78 is 0. The Labute approximate surface area is 126 Å². The van der Waals surface area contributed by atoms with Crippen LogP contribution in [0.15, 0.2) is 35.7 Å². The number of rotatable bonds is 5. The lowest BCUT2D eigenvalue weighted by Crippen LogP contribution is -2.28. The van der Waals surface area contributed by atoms with Gasteiger partial charge in [-0.3, -0.25) is 5.32 Å². The molecular formula is C15H16N2O3S. The molecule has 0 atom stereocenters. The number of carbonyl (C=O) groups excluding carboxylic acids is 1. The lowest BCUT2D eigenvalue weighted by atomic mass is 10.1. The summed E-state index contributed by atoms with van der Waals surface area (Å²) in [6.45, 7) is 2.47. The molecule has 6 heteroatoms. The zero-order valence-electron chi connectivity index (χ0n) is 11.6. The van der Waals surface area contributed by atoms with Gasteiger partial charge < -0.3 is 10.4 Å². The van der Waals surface area contributed by atoms with Crippen molar-refractivity contribution in [2.45, 2.75) is 19.9 Å². The van der Waals surface area contributed by atoms with Crippen LogP contribution in [-0.4, -0.2) is 17.1 Å². The van der Waals surface area contributed by atoms with E-state index in [2.05, 4.69) is 17.6 Å². The van der Waals surface area contributed by atoms with Gasteiger partial charge >= 0.3 is 12.0 Å². The number of thiophene rings is 1. The Morgan fingerprint density at radius 1 is 1.19 bits per heavy atom. The van der Waals surface area contributed by atoms with Gasteiger partial charge in [0, 0.05) is 6.54 Å². The van der Waals surface area contributed by atoms with Crippen molar-refractivity contribution in [3.05, 3.63) is 52.4 Å². The quantitative estimate of drug-likeness (QED) is 0.792. The molecule has 0 aliphatic rings. The Hall–Kier alpha value is -2.34. The van der Waals surface area contributed by atoms with Crippen LogP contribution in [-0.2, 0) is 13.0 Å². The van der Waals surface area contributed by atoms with Gasteiger partial charge in [0.1, 0.15) is 5.00 Å². The number of aryl methyl sites for hydroxylation is 1. The van der Waals surface area contributed by atoms with Gasteiger partial charge in [0.2, 0.25) is 0 Å². The lowest BCUT2D eigenvalue weighted by molar-refractivity contribution is 0.0698. The zero-order valence-corrected chi connectivity index (χ0v) is 12.4. The second-order valence-corrected chi connectivity index (χ2v) is 5.31. The summed E-state index contributed by atoms with van der Waals surface area (Å²) in [7, 11) is 0. The van der Waals surface area contributed by atoms with Gasteiger partial charge in [-0.05, 0) is 29.0 Å². The van der Waals surface area contributed by atoms with E-state index in [1.807, 2.05) is 24.3 Å². The van der Waals surface area contributed by atoms with E-state index in [0.29, 0.717) is 11.5 Å². The topological polar surface area (TPSA) is 78.4 Å². The van der Waals surface area contributed by atoms with Crippen molar-refractivity contribution in [1.82, 2.24) is 5.32 Å². The van der Waals surface area contributed by atoms with Gasteiger partial charge in [0.05, 0.1) is 5.56 Å². The van der Waals surface area contributed by atoms with Crippen LogP contribution in [0, 0.1) is 0 Å². The molecule has 0 unspecified atom stereocenters. The first-order valence-electron chi connectivity index (χ1n) is 6.54. The van der Waals surface area contributed by atoms with Gasteiger partial charge in [0.15, 0.2) is 0 Å². The molecule has 2 rings (SSSR count). The highest BCUT2D eigenvalue weighted by atomic mass is 32.1. The van der Waals surface area contributed by atoms with E-state index in [9.17, 15) is 9.59 Å². The highest BCUT2D eigenvalue weighted by Gasteiger charge is 2.13. The summed E-state index contributed by atoms with van der Waals surface area (Å²) in [6.07, 6.45) is 0.896. The molecule has 0 radical (unpaired) electrons. The first-order chi connectivity index (χ1) is 10.1. The van der Waals surface area contributed by atoms with Gasteiger partial charge in [0.25, 0.3) is 0 Å². The lowest BCUT2D eigenvalue weighted by Gasteiger charge is -2.10. The van der Waals surface area contributed by atoms with E-state index in [-0.39, 0.29) is 5.56 Å². The van der Waals surface area contributed by atoms with Crippen molar-refractivity contribution < 1.29 is 14.7 Å². The molecule has 21 heavy (non-hydrogen) atoms. The minimum Gasteiger partial charge on any atom is -0.478 e. The largest absolute Gasteiger partial charge is 0.478 e. The summed E-state index contributed by atoms with van der Waals surface area (Å²) in [5.41, 5.74) is 2.34. The van der Waals surface area contributed by atoms with Crippen LogP contribution in [0.25, 0.3) is 0 Å². The number of carboxylic acid groups (broad SMARTS) is 1. The molecule has 2 amide bonds. The summed E-state index contributed by atoms with van der Waals surface area (Å²) in [5, 5.41) is 16.3. The number of anilines is 1. The molecule has 0 fully saturated rings. The zero-order chi connectivity index (χ0) is 15.2. The van der Waals surface area contributed by atoms with Crippen molar-refractivity contribution in [1.29, 1.82) is 0 Å². The van der Waals surface area contributed by atoms with Crippen LogP contribution in [0.4, 0.5) is 9.80 Å². The standard InChI is InChI=1S/C15H16N2O3S/c1-2-10-5-3-4-6-11(10)9-16-15(20)17-13-12(14(18)19)7-8-21-13/h3-8H,2,9H2,1H3,(H,18,19)(H2,16,17,20). The van der Waals surface area contributed by atoms with Crippen LogP contribution in [0.2, 0.25) is 0 Å². The Kier molecular flexibility index (Phi) is 4.94. The molecule has 0 aliphatic heterocycles. The normalized spacial score (nSPS) is 10.1. The number of nitrogens with one attached hydrogen (secondary N) is 2. The number of carbonyl (C=O) groups is 2. The molecule has 0 spiro atoms. The molecule has 5 nitrogen and oxygen atoms in total. The third kappa shape index (κ3) is 3.82. The summed E-state index contributed by atoms with van der Waals surface area (Å²) in [5.74, 6) is -1.05. The van der Waals surface area contributed by atoms with E-state index in [1.54, 1.807) is 5.38 Å². The molecular weight excluding hydrogens is 288 g/mol. The first kappa shape index (κ1) is 15.1. The monoisotopic (exact) mass is 304 g/mol. The van der Waals surface area contributed by atoms with Crippen molar-refractivity contribution in [3.8, 4) is 0 Å². The van der Waals surface area contributed by atoms with Crippen molar-refractivity contribution in [3.63, 3.8) is 0 Å². The smallest absolute Gasteiger partial charge is 0.338 e. The Balaban J connectivity index is 1.96. The first-order valence-corrected chi connectivity index (χ1v) is 7.42. The average molecular weight is 304 g/mol. The van der Waals surface area contributed by atoms with Crippen molar-refractivity contribution >= 4 is 28.3 Å². The maximum absolute atomic E-state index is 11.8. The molecule has 1 heterocycles. The highest BCUT2D eigenvalue weighted by Crippen LogP contribution is 2.22. The summed E-state index contributed by atoms with van der Waals surface area (Å²) in [6, 6.07) is 8.94. The van der Waals surface area contributed by atoms with Gasteiger partial charge in [-0.2, -0.15) is 0 Å². The van der Waals surface area contributed by atoms with Crippen molar-refractivity contribution in [2.24, 2.45) is 0 Å². The molecule has 110 valence electrons. The number of aromatic carboxylic acids is 1. The molecule has 0 bridgehead atoms. The fourth-order valence-electron chi connectivity index (χ4n) is 1.97. The molecule has 0 saturated carbocycles. The maximum Gasteiger partial charge on any atom is 0.338 e. The van der Waals surface area contributed by atoms with Crippen LogP contribution in [0.5, 0.6) is 0 Å². The highest BCUT2D eigenvalue weighted by molar-refractivity contribution is 7.14. The van der Waals surface area contributed by atoms with E-state index in [1.165, 1.54) is 23.0 Å². The fourth-order valence-corrected chi connectivity index (χ4v) is 2.75. The maximum atomic E-state index is 11.8. The molecule has 2 aromatic rings. The van der Waals surface area contributed by atoms with Crippen LogP contribution < -0.4 is 10.6 Å². The Morgan fingerprint density at radius 3 is 2.57 bits per heavy atom. The number of amides is 2. The predicted octanol–water partition coefficient (Wildman–Crippen LogP) is 3.33. The third-order valence-electron chi connectivity index (χ3n) is 3.06. The molecule has 0 aliphatic carbocycles. The molecule has 3 N–H and O–H groups in total. The fraction of sp³-hybridized carbons (Fsp3) is 0.200. The van der Waals surface area contributed by atoms with Gasteiger partial charge in [-0.15, -0.1) is 11.3 Å². The Bertz CT molecular complexity index is 652. The second kappa shape index (κ2) is 6.90. The molecule has 0 saturated heterocycles. The average Bonchev–Trinajstić information content (AvgIpc) is 2.93. The van der Waals surface area contributed by atoms with E-state index in [4.69, 9.17) is 5.11 Å². The minimum atomic E-state index is -1.05.